The van der Waals surface area contributed by atoms with Gasteiger partial charge in [0.15, 0.2) is 0 Å². The van der Waals surface area contributed by atoms with Crippen LogP contribution in [-0.4, -0.2) is 8.42 Å². The fourth-order valence-electron chi connectivity index (χ4n) is 1.88. The Labute approximate surface area is 133 Å². The van der Waals surface area contributed by atoms with Gasteiger partial charge in [0.1, 0.15) is 0 Å². The van der Waals surface area contributed by atoms with Crippen molar-refractivity contribution in [3.63, 3.8) is 0 Å². The lowest BCUT2D eigenvalue weighted by molar-refractivity contribution is 0.581. The lowest BCUT2D eigenvalue weighted by Gasteiger charge is -2.09. The third kappa shape index (κ3) is 4.06. The second kappa shape index (κ2) is 6.60. The summed E-state index contributed by atoms with van der Waals surface area (Å²) >= 11 is 3.23. The van der Waals surface area contributed by atoms with Crippen LogP contribution in [0.3, 0.4) is 0 Å². The van der Waals surface area contributed by atoms with Crippen LogP contribution >= 0.6 is 15.9 Å². The summed E-state index contributed by atoms with van der Waals surface area (Å²) in [6.07, 6.45) is 0.963. The van der Waals surface area contributed by atoms with E-state index in [0.29, 0.717) is 10.2 Å². The van der Waals surface area contributed by atoms with E-state index < -0.39 is 10.0 Å². The first-order valence-electron chi connectivity index (χ1n) is 6.55. The van der Waals surface area contributed by atoms with E-state index >= 15 is 0 Å². The van der Waals surface area contributed by atoms with Crippen molar-refractivity contribution in [2.75, 3.05) is 5.73 Å². The molecule has 0 heterocycles. The summed E-state index contributed by atoms with van der Waals surface area (Å²) in [6, 6.07) is 12.5. The van der Waals surface area contributed by atoms with Crippen molar-refractivity contribution in [2.45, 2.75) is 24.8 Å². The van der Waals surface area contributed by atoms with Gasteiger partial charge in [-0.15, -0.1) is 0 Å². The van der Waals surface area contributed by atoms with Crippen LogP contribution in [0.25, 0.3) is 0 Å². The van der Waals surface area contributed by atoms with Crippen LogP contribution in [0.15, 0.2) is 51.8 Å². The standard InChI is InChI=1S/C15H17BrN2O2S/c1-2-11-3-5-12(6-4-11)10-18-21(19,20)15-8-7-13(17)9-14(15)16/h3-9,18H,2,10,17H2,1H3. The smallest absolute Gasteiger partial charge is 0.241 e. The van der Waals surface area contributed by atoms with Crippen LogP contribution in [0.2, 0.25) is 0 Å². The molecule has 0 radical (unpaired) electrons. The highest BCUT2D eigenvalue weighted by Gasteiger charge is 2.17. The molecule has 0 aliphatic rings. The molecule has 0 bridgehead atoms. The summed E-state index contributed by atoms with van der Waals surface area (Å²) in [4.78, 5) is 0.182. The van der Waals surface area contributed by atoms with E-state index in [1.165, 1.54) is 11.6 Å². The number of nitrogens with two attached hydrogens (primary N) is 1. The maximum Gasteiger partial charge on any atom is 0.241 e. The van der Waals surface area contributed by atoms with Crippen molar-refractivity contribution >= 4 is 31.6 Å². The largest absolute Gasteiger partial charge is 0.399 e. The van der Waals surface area contributed by atoms with Crippen molar-refractivity contribution in [2.24, 2.45) is 0 Å². The summed E-state index contributed by atoms with van der Waals surface area (Å²) in [5.41, 5.74) is 8.27. The molecule has 0 fully saturated rings. The number of aryl methyl sites for hydroxylation is 1. The van der Waals surface area contributed by atoms with E-state index in [-0.39, 0.29) is 11.4 Å². The molecule has 0 amide bonds. The molecule has 112 valence electrons. The predicted molar refractivity (Wildman–Crippen MR) is 88.4 cm³/mol. The normalized spacial score (nSPS) is 11.5. The van der Waals surface area contributed by atoms with Crippen molar-refractivity contribution in [3.8, 4) is 0 Å². The van der Waals surface area contributed by atoms with Gasteiger partial charge in [0, 0.05) is 16.7 Å². The summed E-state index contributed by atoms with van der Waals surface area (Å²) < 4.78 is 27.6. The number of nitrogens with one attached hydrogen (secondary N) is 1. The Morgan fingerprint density at radius 3 is 2.29 bits per heavy atom. The Morgan fingerprint density at radius 1 is 1.10 bits per heavy atom. The molecule has 4 nitrogen and oxygen atoms in total. The molecule has 0 saturated carbocycles. The van der Waals surface area contributed by atoms with Gasteiger partial charge < -0.3 is 5.73 Å². The topological polar surface area (TPSA) is 72.2 Å². The number of hydrogen-bond donors (Lipinski definition) is 2. The van der Waals surface area contributed by atoms with Gasteiger partial charge in [-0.05, 0) is 51.7 Å². The average Bonchev–Trinajstić information content (AvgIpc) is 2.45. The molecule has 0 unspecified atom stereocenters. The molecule has 3 N–H and O–H groups in total. The molecule has 0 aromatic heterocycles. The summed E-state index contributed by atoms with van der Waals surface area (Å²) in [6.45, 7) is 2.33. The molecule has 6 heteroatoms. The minimum atomic E-state index is -3.57. The van der Waals surface area contributed by atoms with Crippen molar-refractivity contribution in [1.29, 1.82) is 0 Å². The van der Waals surface area contributed by atoms with E-state index in [2.05, 4.69) is 27.6 Å². The molecule has 0 saturated heterocycles. The molecule has 2 rings (SSSR count). The Bertz CT molecular complexity index is 728. The first-order chi connectivity index (χ1) is 9.92. The van der Waals surface area contributed by atoms with E-state index in [4.69, 9.17) is 5.73 Å². The molecule has 0 atom stereocenters. The lowest BCUT2D eigenvalue weighted by Crippen LogP contribution is -2.23. The second-order valence-corrected chi connectivity index (χ2v) is 7.27. The zero-order valence-corrected chi connectivity index (χ0v) is 14.0. The van der Waals surface area contributed by atoms with Gasteiger partial charge in [-0.2, -0.15) is 0 Å². The fourth-order valence-corrected chi connectivity index (χ4v) is 3.99. The van der Waals surface area contributed by atoms with Gasteiger partial charge in [0.2, 0.25) is 10.0 Å². The van der Waals surface area contributed by atoms with Gasteiger partial charge in [-0.3, -0.25) is 0 Å². The van der Waals surface area contributed by atoms with E-state index in [0.717, 1.165) is 12.0 Å². The number of nitrogen functional groups attached to an aromatic ring is 1. The number of rotatable bonds is 5. The third-order valence-electron chi connectivity index (χ3n) is 3.14. The van der Waals surface area contributed by atoms with Crippen molar-refractivity contribution < 1.29 is 8.42 Å². The molecule has 21 heavy (non-hydrogen) atoms. The monoisotopic (exact) mass is 368 g/mol. The van der Waals surface area contributed by atoms with E-state index in [9.17, 15) is 8.42 Å². The Hall–Kier alpha value is -1.37. The lowest BCUT2D eigenvalue weighted by atomic mass is 10.1. The predicted octanol–water partition coefficient (Wildman–Crippen LogP) is 3.07. The van der Waals surface area contributed by atoms with Gasteiger partial charge in [-0.25, -0.2) is 13.1 Å². The number of sulfonamides is 1. The molecule has 2 aromatic rings. The van der Waals surface area contributed by atoms with Crippen LogP contribution in [-0.2, 0) is 23.0 Å². The zero-order chi connectivity index (χ0) is 15.5. The fraction of sp³-hybridized carbons (Fsp3) is 0.200. The summed E-state index contributed by atoms with van der Waals surface area (Å²) in [5, 5.41) is 0. The van der Waals surface area contributed by atoms with Crippen molar-refractivity contribution in [1.82, 2.24) is 4.72 Å². The minimum absolute atomic E-state index is 0.182. The SMILES string of the molecule is CCc1ccc(CNS(=O)(=O)c2ccc(N)cc2Br)cc1. The van der Waals surface area contributed by atoms with Gasteiger partial charge in [0.05, 0.1) is 4.90 Å². The molecule has 0 aliphatic heterocycles. The average molecular weight is 369 g/mol. The number of anilines is 1. The van der Waals surface area contributed by atoms with Gasteiger partial charge in [0.25, 0.3) is 0 Å². The Balaban J connectivity index is 2.13. The maximum atomic E-state index is 12.3. The number of benzene rings is 2. The zero-order valence-electron chi connectivity index (χ0n) is 11.6. The van der Waals surface area contributed by atoms with Gasteiger partial charge >= 0.3 is 0 Å². The highest BCUT2D eigenvalue weighted by atomic mass is 79.9. The molecule has 2 aromatic carbocycles. The van der Waals surface area contributed by atoms with Crippen molar-refractivity contribution in [3.05, 3.63) is 58.1 Å². The summed E-state index contributed by atoms with van der Waals surface area (Å²) in [5.74, 6) is 0. The van der Waals surface area contributed by atoms with E-state index in [1.807, 2.05) is 24.3 Å². The first kappa shape index (κ1) is 16.0. The van der Waals surface area contributed by atoms with Gasteiger partial charge in [-0.1, -0.05) is 31.2 Å². The number of halogens is 1. The highest BCUT2D eigenvalue weighted by Crippen LogP contribution is 2.24. The molecule has 0 spiro atoms. The van der Waals surface area contributed by atoms with Crippen LogP contribution in [0.1, 0.15) is 18.1 Å². The van der Waals surface area contributed by atoms with Crippen LogP contribution in [0.5, 0.6) is 0 Å². The Kier molecular flexibility index (Phi) is 5.03. The molecular weight excluding hydrogens is 352 g/mol. The second-order valence-electron chi connectivity index (χ2n) is 4.68. The minimum Gasteiger partial charge on any atom is -0.399 e. The third-order valence-corrected chi connectivity index (χ3v) is 5.52. The molecule has 0 aliphatic carbocycles. The van der Waals surface area contributed by atoms with E-state index in [1.54, 1.807) is 12.1 Å². The van der Waals surface area contributed by atoms with Crippen LogP contribution in [0.4, 0.5) is 5.69 Å². The Morgan fingerprint density at radius 2 is 1.71 bits per heavy atom. The quantitative estimate of drug-likeness (QED) is 0.796. The highest BCUT2D eigenvalue weighted by molar-refractivity contribution is 9.10. The first-order valence-corrected chi connectivity index (χ1v) is 8.82. The molecular formula is C15H17BrN2O2S. The maximum absolute atomic E-state index is 12.3. The van der Waals surface area contributed by atoms with Crippen LogP contribution in [0, 0.1) is 0 Å². The summed E-state index contributed by atoms with van der Waals surface area (Å²) in [7, 11) is -3.57. The number of hydrogen-bond acceptors (Lipinski definition) is 3. The van der Waals surface area contributed by atoms with Crippen LogP contribution < -0.4 is 10.5 Å².